The average molecular weight is 256 g/mol. The number of halogens is 1. The van der Waals surface area contributed by atoms with E-state index in [-0.39, 0.29) is 0 Å². The molecule has 14 heavy (non-hydrogen) atoms. The highest BCUT2D eigenvalue weighted by Gasteiger charge is 1.99. The van der Waals surface area contributed by atoms with Crippen LogP contribution in [0.15, 0.2) is 34.4 Å². The molecule has 4 nitrogen and oxygen atoms in total. The highest BCUT2D eigenvalue weighted by molar-refractivity contribution is 9.10. The Morgan fingerprint density at radius 3 is 2.86 bits per heavy atom. The van der Waals surface area contributed by atoms with Gasteiger partial charge >= 0.3 is 0 Å². The van der Waals surface area contributed by atoms with Crippen LogP contribution in [0.2, 0.25) is 0 Å². The maximum Gasteiger partial charge on any atom is 0.210 e. The SMILES string of the molecule is C=C(N=C(C)ON)c1ccc(Br)cn1. The van der Waals surface area contributed by atoms with Gasteiger partial charge in [0.1, 0.15) is 0 Å². The molecule has 0 spiro atoms. The van der Waals surface area contributed by atoms with Crippen molar-refractivity contribution in [2.75, 3.05) is 0 Å². The van der Waals surface area contributed by atoms with E-state index in [1.807, 2.05) is 6.07 Å². The third-order valence-corrected chi connectivity index (χ3v) is 1.96. The highest BCUT2D eigenvalue weighted by Crippen LogP contribution is 2.14. The predicted octanol–water partition coefficient (Wildman–Crippen LogP) is 2.12. The fraction of sp³-hybridized carbons (Fsp3) is 0.111. The van der Waals surface area contributed by atoms with Crippen LogP contribution in [0.25, 0.3) is 5.70 Å². The van der Waals surface area contributed by atoms with Crippen LogP contribution >= 0.6 is 15.9 Å². The van der Waals surface area contributed by atoms with E-state index < -0.39 is 0 Å². The first-order chi connectivity index (χ1) is 6.63. The number of rotatable bonds is 2. The molecule has 0 fully saturated rings. The molecule has 1 aromatic rings. The Balaban J connectivity index is 2.85. The van der Waals surface area contributed by atoms with Crippen molar-refractivity contribution in [1.82, 2.24) is 4.98 Å². The molecule has 0 unspecified atom stereocenters. The minimum Gasteiger partial charge on any atom is -0.396 e. The van der Waals surface area contributed by atoms with Crippen LogP contribution in [-0.2, 0) is 4.84 Å². The lowest BCUT2D eigenvalue weighted by atomic mass is 10.3. The molecule has 0 bridgehead atoms. The summed E-state index contributed by atoms with van der Waals surface area (Å²) in [5.74, 6) is 5.27. The van der Waals surface area contributed by atoms with Gasteiger partial charge in [-0.3, -0.25) is 4.98 Å². The van der Waals surface area contributed by atoms with Crippen LogP contribution in [0.5, 0.6) is 0 Å². The van der Waals surface area contributed by atoms with Gasteiger partial charge in [-0.2, -0.15) is 5.90 Å². The third-order valence-electron chi connectivity index (χ3n) is 1.49. The number of aliphatic imine (C=N–C) groups is 1. The zero-order valence-corrected chi connectivity index (χ0v) is 9.28. The van der Waals surface area contributed by atoms with E-state index in [1.54, 1.807) is 19.2 Å². The maximum absolute atomic E-state index is 4.92. The molecule has 0 aliphatic heterocycles. The van der Waals surface area contributed by atoms with Crippen LogP contribution in [0.3, 0.4) is 0 Å². The molecule has 0 saturated carbocycles. The average Bonchev–Trinajstić information content (AvgIpc) is 2.18. The van der Waals surface area contributed by atoms with E-state index in [0.29, 0.717) is 17.3 Å². The van der Waals surface area contributed by atoms with Gasteiger partial charge in [0.2, 0.25) is 5.90 Å². The second-order valence-corrected chi connectivity index (χ2v) is 3.47. The summed E-state index contributed by atoms with van der Waals surface area (Å²) < 4.78 is 0.907. The van der Waals surface area contributed by atoms with Crippen molar-refractivity contribution in [3.63, 3.8) is 0 Å². The first kappa shape index (κ1) is 10.9. The Morgan fingerprint density at radius 1 is 1.64 bits per heavy atom. The molecule has 0 aromatic carbocycles. The van der Waals surface area contributed by atoms with E-state index in [0.717, 1.165) is 4.47 Å². The summed E-state index contributed by atoms with van der Waals surface area (Å²) >= 11 is 3.29. The lowest BCUT2D eigenvalue weighted by Gasteiger charge is -2.00. The fourth-order valence-corrected chi connectivity index (χ4v) is 1.05. The Kier molecular flexibility index (Phi) is 3.79. The highest BCUT2D eigenvalue weighted by atomic mass is 79.9. The van der Waals surface area contributed by atoms with Gasteiger partial charge in [0, 0.05) is 17.6 Å². The summed E-state index contributed by atoms with van der Waals surface area (Å²) in [6.07, 6.45) is 1.68. The van der Waals surface area contributed by atoms with Crippen molar-refractivity contribution in [3.05, 3.63) is 35.1 Å². The van der Waals surface area contributed by atoms with Crippen LogP contribution in [0, 0.1) is 0 Å². The minimum atomic E-state index is 0.347. The van der Waals surface area contributed by atoms with Crippen LogP contribution < -0.4 is 5.90 Å². The van der Waals surface area contributed by atoms with Gasteiger partial charge in [0.05, 0.1) is 11.4 Å². The second kappa shape index (κ2) is 4.88. The second-order valence-electron chi connectivity index (χ2n) is 2.56. The molecule has 1 aromatic heterocycles. The summed E-state index contributed by atoms with van der Waals surface area (Å²) in [5.41, 5.74) is 1.20. The first-order valence-electron chi connectivity index (χ1n) is 3.86. The summed E-state index contributed by atoms with van der Waals surface area (Å²) in [4.78, 5) is 12.5. The Morgan fingerprint density at radius 2 is 2.36 bits per heavy atom. The van der Waals surface area contributed by atoms with E-state index in [2.05, 4.69) is 37.3 Å². The van der Waals surface area contributed by atoms with Gasteiger partial charge in [-0.25, -0.2) is 4.99 Å². The zero-order valence-electron chi connectivity index (χ0n) is 7.70. The molecule has 0 saturated heterocycles. The largest absolute Gasteiger partial charge is 0.396 e. The molecule has 0 aliphatic carbocycles. The first-order valence-corrected chi connectivity index (χ1v) is 4.65. The van der Waals surface area contributed by atoms with Crippen molar-refractivity contribution in [3.8, 4) is 0 Å². The lowest BCUT2D eigenvalue weighted by molar-refractivity contribution is 0.318. The quantitative estimate of drug-likeness (QED) is 0.501. The Hall–Kier alpha value is -1.20. The number of hydrogen-bond donors (Lipinski definition) is 1. The standard InChI is InChI=1S/C9H10BrN3O/c1-6(13-7(2)14-11)9-4-3-8(10)5-12-9/h3-5H,1,11H2,2H3. The molecule has 1 heterocycles. The number of nitrogens with two attached hydrogens (primary N) is 1. The normalized spacial score (nSPS) is 11.2. The monoisotopic (exact) mass is 255 g/mol. The fourth-order valence-electron chi connectivity index (χ4n) is 0.820. The molecule has 2 N–H and O–H groups in total. The molecule has 0 amide bonds. The van der Waals surface area contributed by atoms with Gasteiger partial charge in [-0.05, 0) is 28.1 Å². The van der Waals surface area contributed by atoms with Crippen molar-refractivity contribution >= 4 is 27.5 Å². The zero-order chi connectivity index (χ0) is 10.6. The van der Waals surface area contributed by atoms with Crippen LogP contribution in [-0.4, -0.2) is 10.9 Å². The van der Waals surface area contributed by atoms with E-state index in [1.165, 1.54) is 0 Å². The number of hydrogen-bond acceptors (Lipinski definition) is 4. The molecule has 0 radical (unpaired) electrons. The third kappa shape index (κ3) is 2.93. The molecule has 0 atom stereocenters. The van der Waals surface area contributed by atoms with Crippen LogP contribution in [0.4, 0.5) is 0 Å². The van der Waals surface area contributed by atoms with Gasteiger partial charge in [-0.1, -0.05) is 6.58 Å². The Bertz CT molecular complexity index is 359. The molecule has 1 rings (SSSR count). The van der Waals surface area contributed by atoms with Crippen molar-refractivity contribution in [1.29, 1.82) is 0 Å². The van der Waals surface area contributed by atoms with Crippen molar-refractivity contribution < 1.29 is 4.84 Å². The minimum absolute atomic E-state index is 0.347. The van der Waals surface area contributed by atoms with E-state index in [9.17, 15) is 0 Å². The van der Waals surface area contributed by atoms with Gasteiger partial charge < -0.3 is 4.84 Å². The van der Waals surface area contributed by atoms with Gasteiger partial charge in [0.25, 0.3) is 0 Å². The maximum atomic E-state index is 4.92. The van der Waals surface area contributed by atoms with Gasteiger partial charge in [0.15, 0.2) is 0 Å². The van der Waals surface area contributed by atoms with Crippen molar-refractivity contribution in [2.24, 2.45) is 10.9 Å². The summed E-state index contributed by atoms with van der Waals surface area (Å²) in [6, 6.07) is 3.67. The molecule has 5 heteroatoms. The summed E-state index contributed by atoms with van der Waals surface area (Å²) in [5, 5.41) is 0. The summed E-state index contributed by atoms with van der Waals surface area (Å²) in [6.45, 7) is 5.38. The van der Waals surface area contributed by atoms with Crippen molar-refractivity contribution in [2.45, 2.75) is 6.92 Å². The Labute approximate surface area is 90.6 Å². The molecule has 74 valence electrons. The van der Waals surface area contributed by atoms with E-state index >= 15 is 0 Å². The molecule has 0 aliphatic rings. The van der Waals surface area contributed by atoms with E-state index in [4.69, 9.17) is 5.90 Å². The van der Waals surface area contributed by atoms with Crippen LogP contribution in [0.1, 0.15) is 12.6 Å². The number of nitrogens with zero attached hydrogens (tertiary/aromatic N) is 2. The molecular weight excluding hydrogens is 246 g/mol. The topological polar surface area (TPSA) is 60.5 Å². The summed E-state index contributed by atoms with van der Waals surface area (Å²) in [7, 11) is 0. The number of pyridine rings is 1. The number of aromatic nitrogens is 1. The smallest absolute Gasteiger partial charge is 0.210 e. The lowest BCUT2D eigenvalue weighted by Crippen LogP contribution is -2.05. The van der Waals surface area contributed by atoms with Gasteiger partial charge in [-0.15, -0.1) is 0 Å². The predicted molar refractivity (Wildman–Crippen MR) is 59.4 cm³/mol. The molecular formula is C9H10BrN3O.